The van der Waals surface area contributed by atoms with Gasteiger partial charge in [0.05, 0.1) is 0 Å². The second-order valence-corrected chi connectivity index (χ2v) is 6.46. The zero-order valence-electron chi connectivity index (χ0n) is 13.8. The highest BCUT2D eigenvalue weighted by Gasteiger charge is 2.13. The average Bonchev–Trinajstić information content (AvgIpc) is 2.43. The van der Waals surface area contributed by atoms with Gasteiger partial charge in [0, 0.05) is 31.7 Å². The Kier molecular flexibility index (Phi) is 7.96. The largest absolute Gasteiger partial charge is 0.369 e. The van der Waals surface area contributed by atoms with E-state index in [4.69, 9.17) is 0 Å². The van der Waals surface area contributed by atoms with Gasteiger partial charge in [-0.15, -0.1) is 0 Å². The number of hydrogen-bond donors (Lipinski definition) is 2. The van der Waals surface area contributed by atoms with Crippen molar-refractivity contribution >= 4 is 27.6 Å². The lowest BCUT2D eigenvalue weighted by atomic mass is 10.2. The van der Waals surface area contributed by atoms with Crippen molar-refractivity contribution in [3.8, 4) is 0 Å². The summed E-state index contributed by atoms with van der Waals surface area (Å²) in [6.45, 7) is 13.8. The summed E-state index contributed by atoms with van der Waals surface area (Å²) in [4.78, 5) is 11.0. The highest BCUT2D eigenvalue weighted by Crippen LogP contribution is 2.26. The molecule has 0 saturated heterocycles. The molecule has 0 unspecified atom stereocenters. The van der Waals surface area contributed by atoms with Crippen LogP contribution >= 0.6 is 15.9 Å². The molecule has 0 aliphatic heterocycles. The van der Waals surface area contributed by atoms with E-state index in [0.29, 0.717) is 12.1 Å². The van der Waals surface area contributed by atoms with Gasteiger partial charge in [0.1, 0.15) is 22.4 Å². The molecule has 2 N–H and O–H groups in total. The Morgan fingerprint density at radius 3 is 2.05 bits per heavy atom. The number of nitrogens with one attached hydrogen (secondary N) is 2. The van der Waals surface area contributed by atoms with Gasteiger partial charge in [0.15, 0.2) is 0 Å². The van der Waals surface area contributed by atoms with Crippen molar-refractivity contribution in [2.75, 3.05) is 30.3 Å². The van der Waals surface area contributed by atoms with Crippen molar-refractivity contribution in [1.29, 1.82) is 0 Å². The van der Waals surface area contributed by atoms with Crippen LogP contribution in [0.2, 0.25) is 0 Å². The maximum Gasteiger partial charge on any atom is 0.145 e. The molecule has 1 aromatic heterocycles. The normalized spacial score (nSPS) is 11.5. The smallest absolute Gasteiger partial charge is 0.145 e. The van der Waals surface area contributed by atoms with Crippen LogP contribution in [0.5, 0.6) is 0 Å². The fourth-order valence-corrected chi connectivity index (χ4v) is 2.76. The Bertz CT molecular complexity index is 415. The molecule has 0 saturated carbocycles. The molecule has 0 aliphatic rings. The third-order valence-corrected chi connectivity index (χ3v) is 4.07. The molecule has 0 aliphatic carbocycles. The van der Waals surface area contributed by atoms with Crippen LogP contribution < -0.4 is 10.6 Å². The fourth-order valence-electron chi connectivity index (χ4n) is 2.28. The first-order valence-corrected chi connectivity index (χ1v) is 8.50. The van der Waals surface area contributed by atoms with Gasteiger partial charge >= 0.3 is 0 Å². The van der Waals surface area contributed by atoms with Crippen LogP contribution in [0.1, 0.15) is 41.0 Å². The summed E-state index contributed by atoms with van der Waals surface area (Å²) < 4.78 is 0.902. The first-order chi connectivity index (χ1) is 9.97. The van der Waals surface area contributed by atoms with Crippen molar-refractivity contribution in [3.63, 3.8) is 0 Å². The second kappa shape index (κ2) is 9.20. The number of aromatic nitrogens is 2. The zero-order valence-corrected chi connectivity index (χ0v) is 15.4. The third kappa shape index (κ3) is 5.79. The Morgan fingerprint density at radius 2 is 1.57 bits per heavy atom. The van der Waals surface area contributed by atoms with Gasteiger partial charge in [-0.2, -0.15) is 0 Å². The highest BCUT2D eigenvalue weighted by atomic mass is 79.9. The number of anilines is 2. The van der Waals surface area contributed by atoms with Crippen LogP contribution in [-0.4, -0.2) is 46.6 Å². The molecule has 5 nitrogen and oxygen atoms in total. The first kappa shape index (κ1) is 18.2. The van der Waals surface area contributed by atoms with Crippen LogP contribution in [0.25, 0.3) is 0 Å². The minimum Gasteiger partial charge on any atom is -0.369 e. The summed E-state index contributed by atoms with van der Waals surface area (Å²) in [6.07, 6.45) is 2.66. The maximum absolute atomic E-state index is 4.31. The van der Waals surface area contributed by atoms with E-state index in [9.17, 15) is 0 Å². The predicted octanol–water partition coefficient (Wildman–Crippen LogP) is 3.59. The molecular formula is C15H28BrN5. The SMILES string of the molecule is CCCNc1ncnc(NCCN(C(C)C)C(C)C)c1Br. The van der Waals surface area contributed by atoms with Crippen LogP contribution in [0.3, 0.4) is 0 Å². The molecule has 0 atom stereocenters. The maximum atomic E-state index is 4.31. The minimum absolute atomic E-state index is 0.544. The van der Waals surface area contributed by atoms with Crippen LogP contribution in [0, 0.1) is 0 Å². The van der Waals surface area contributed by atoms with Gasteiger partial charge in [-0.3, -0.25) is 4.90 Å². The monoisotopic (exact) mass is 357 g/mol. The Balaban J connectivity index is 2.59. The van der Waals surface area contributed by atoms with Crippen LogP contribution in [-0.2, 0) is 0 Å². The molecule has 0 fully saturated rings. The van der Waals surface area contributed by atoms with Crippen molar-refractivity contribution in [1.82, 2.24) is 14.9 Å². The van der Waals surface area contributed by atoms with Crippen molar-refractivity contribution < 1.29 is 0 Å². The molecule has 1 heterocycles. The van der Waals surface area contributed by atoms with Gasteiger partial charge in [-0.05, 0) is 50.0 Å². The molecule has 6 heteroatoms. The molecule has 0 bridgehead atoms. The lowest BCUT2D eigenvalue weighted by molar-refractivity contribution is 0.182. The first-order valence-electron chi connectivity index (χ1n) is 7.71. The summed E-state index contributed by atoms with van der Waals surface area (Å²) in [6, 6.07) is 1.09. The Hall–Kier alpha value is -0.880. The molecular weight excluding hydrogens is 330 g/mol. The van der Waals surface area contributed by atoms with Crippen molar-refractivity contribution in [3.05, 3.63) is 10.8 Å². The van der Waals surface area contributed by atoms with Crippen molar-refractivity contribution in [2.24, 2.45) is 0 Å². The van der Waals surface area contributed by atoms with Gasteiger partial charge in [0.25, 0.3) is 0 Å². The van der Waals surface area contributed by atoms with E-state index in [0.717, 1.165) is 42.2 Å². The summed E-state index contributed by atoms with van der Waals surface area (Å²) in [5.74, 6) is 1.69. The molecule has 0 radical (unpaired) electrons. The number of rotatable bonds is 9. The van der Waals surface area contributed by atoms with E-state index in [1.54, 1.807) is 6.33 Å². The van der Waals surface area contributed by atoms with Crippen LogP contribution in [0.4, 0.5) is 11.6 Å². The Labute approximate surface area is 137 Å². The van der Waals surface area contributed by atoms with E-state index in [1.165, 1.54) is 0 Å². The number of halogens is 1. The lowest BCUT2D eigenvalue weighted by Gasteiger charge is -2.30. The van der Waals surface area contributed by atoms with Gasteiger partial charge in [-0.1, -0.05) is 6.92 Å². The lowest BCUT2D eigenvalue weighted by Crippen LogP contribution is -2.40. The van der Waals surface area contributed by atoms with E-state index >= 15 is 0 Å². The standard InChI is InChI=1S/C15H28BrN5/c1-6-7-17-14-13(16)15(20-10-19-14)18-8-9-21(11(2)3)12(4)5/h10-12H,6-9H2,1-5H3,(H2,17,18,19,20). The molecule has 1 rings (SSSR count). The molecule has 0 spiro atoms. The summed E-state index contributed by atoms with van der Waals surface area (Å²) in [5.41, 5.74) is 0. The van der Waals surface area contributed by atoms with Gasteiger partial charge < -0.3 is 10.6 Å². The molecule has 1 aromatic rings. The van der Waals surface area contributed by atoms with Gasteiger partial charge in [0.2, 0.25) is 0 Å². The predicted molar refractivity (Wildman–Crippen MR) is 94.0 cm³/mol. The number of nitrogens with zero attached hydrogens (tertiary/aromatic N) is 3. The van der Waals surface area contributed by atoms with E-state index < -0.39 is 0 Å². The third-order valence-electron chi connectivity index (χ3n) is 3.32. The summed E-state index contributed by atoms with van der Waals surface area (Å²) in [7, 11) is 0. The highest BCUT2D eigenvalue weighted by molar-refractivity contribution is 9.10. The molecule has 0 amide bonds. The fraction of sp³-hybridized carbons (Fsp3) is 0.733. The summed E-state index contributed by atoms with van der Waals surface area (Å²) in [5, 5.41) is 6.68. The average molecular weight is 358 g/mol. The Morgan fingerprint density at radius 1 is 1.05 bits per heavy atom. The topological polar surface area (TPSA) is 53.1 Å². The van der Waals surface area contributed by atoms with E-state index in [2.05, 4.69) is 76.1 Å². The minimum atomic E-state index is 0.544. The van der Waals surface area contributed by atoms with Crippen molar-refractivity contribution in [2.45, 2.75) is 53.1 Å². The van der Waals surface area contributed by atoms with Crippen LogP contribution in [0.15, 0.2) is 10.8 Å². The number of hydrogen-bond acceptors (Lipinski definition) is 5. The second-order valence-electron chi connectivity index (χ2n) is 5.66. The molecule has 21 heavy (non-hydrogen) atoms. The quantitative estimate of drug-likeness (QED) is 0.707. The van der Waals surface area contributed by atoms with E-state index in [-0.39, 0.29) is 0 Å². The van der Waals surface area contributed by atoms with Gasteiger partial charge in [-0.25, -0.2) is 9.97 Å². The zero-order chi connectivity index (χ0) is 15.8. The molecule has 0 aromatic carbocycles. The summed E-state index contributed by atoms with van der Waals surface area (Å²) >= 11 is 3.57. The molecule has 120 valence electrons. The van der Waals surface area contributed by atoms with E-state index in [1.807, 2.05) is 0 Å².